The summed E-state index contributed by atoms with van der Waals surface area (Å²) in [6.07, 6.45) is 1.53. The van der Waals surface area contributed by atoms with Gasteiger partial charge in [-0.3, -0.25) is 11.3 Å². The molecule has 0 radical (unpaired) electrons. The van der Waals surface area contributed by atoms with Gasteiger partial charge in [-0.1, -0.05) is 12.1 Å². The van der Waals surface area contributed by atoms with E-state index in [9.17, 15) is 4.39 Å². The average molecular weight is 256 g/mol. The largest absolute Gasteiger partial charge is 0.494 e. The van der Waals surface area contributed by atoms with E-state index in [1.54, 1.807) is 18.2 Å². The lowest BCUT2D eigenvalue weighted by Gasteiger charge is -2.18. The minimum atomic E-state index is -0.362. The first-order chi connectivity index (χ1) is 8.74. The van der Waals surface area contributed by atoms with Crippen LogP contribution in [-0.2, 0) is 4.74 Å². The van der Waals surface area contributed by atoms with Gasteiger partial charge in [0, 0.05) is 24.8 Å². The summed E-state index contributed by atoms with van der Waals surface area (Å²) in [5, 5.41) is 0. The second-order valence-electron chi connectivity index (χ2n) is 3.92. The Balaban J connectivity index is 2.69. The van der Waals surface area contributed by atoms with E-state index in [0.717, 1.165) is 6.42 Å². The zero-order valence-electron chi connectivity index (χ0n) is 10.9. The topological polar surface area (TPSA) is 56.5 Å². The lowest BCUT2D eigenvalue weighted by molar-refractivity contribution is 0.140. The van der Waals surface area contributed by atoms with E-state index < -0.39 is 0 Å². The standard InChI is InChI=1S/C13H21FN2O2/c1-3-18-9-5-7-11(16-15)10-6-4-8-12(17-2)13(10)14/h4,6,8,11,16H,3,5,7,9,15H2,1-2H3. The zero-order valence-corrected chi connectivity index (χ0v) is 10.9. The summed E-state index contributed by atoms with van der Waals surface area (Å²) in [5.74, 6) is 5.35. The lowest BCUT2D eigenvalue weighted by Crippen LogP contribution is -2.29. The summed E-state index contributed by atoms with van der Waals surface area (Å²) in [4.78, 5) is 0. The number of hydrogen-bond acceptors (Lipinski definition) is 4. The van der Waals surface area contributed by atoms with Crippen molar-refractivity contribution in [2.75, 3.05) is 20.3 Å². The van der Waals surface area contributed by atoms with Crippen molar-refractivity contribution in [1.29, 1.82) is 0 Å². The van der Waals surface area contributed by atoms with Crippen LogP contribution >= 0.6 is 0 Å². The van der Waals surface area contributed by atoms with Crippen molar-refractivity contribution in [3.63, 3.8) is 0 Å². The Labute approximate surface area is 107 Å². The van der Waals surface area contributed by atoms with E-state index >= 15 is 0 Å². The molecule has 0 bridgehead atoms. The molecule has 0 amide bonds. The normalized spacial score (nSPS) is 12.4. The first-order valence-corrected chi connectivity index (χ1v) is 6.10. The van der Waals surface area contributed by atoms with Crippen LogP contribution in [0.3, 0.4) is 0 Å². The maximum atomic E-state index is 14.0. The lowest BCUT2D eigenvalue weighted by atomic mass is 10.0. The number of methoxy groups -OCH3 is 1. The van der Waals surface area contributed by atoms with Crippen molar-refractivity contribution in [2.45, 2.75) is 25.8 Å². The molecule has 0 heterocycles. The third-order valence-electron chi connectivity index (χ3n) is 2.78. The molecule has 0 saturated heterocycles. The molecule has 5 heteroatoms. The van der Waals surface area contributed by atoms with Crippen LogP contribution in [0.2, 0.25) is 0 Å². The fourth-order valence-electron chi connectivity index (χ4n) is 1.82. The van der Waals surface area contributed by atoms with Crippen LogP contribution in [-0.4, -0.2) is 20.3 Å². The highest BCUT2D eigenvalue weighted by Crippen LogP contribution is 2.27. The predicted octanol–water partition coefficient (Wildman–Crippen LogP) is 2.16. The van der Waals surface area contributed by atoms with Gasteiger partial charge in [0.05, 0.1) is 7.11 Å². The fourth-order valence-corrected chi connectivity index (χ4v) is 1.82. The van der Waals surface area contributed by atoms with Crippen molar-refractivity contribution < 1.29 is 13.9 Å². The highest BCUT2D eigenvalue weighted by molar-refractivity contribution is 5.32. The van der Waals surface area contributed by atoms with E-state index in [4.69, 9.17) is 15.3 Å². The number of rotatable bonds is 8. The van der Waals surface area contributed by atoms with Crippen LogP contribution in [0.25, 0.3) is 0 Å². The van der Waals surface area contributed by atoms with Gasteiger partial charge in [-0.2, -0.15) is 0 Å². The molecule has 0 fully saturated rings. The molecule has 3 N–H and O–H groups in total. The quantitative estimate of drug-likeness (QED) is 0.425. The summed E-state index contributed by atoms with van der Waals surface area (Å²) in [5.41, 5.74) is 3.16. The second kappa shape index (κ2) is 8.02. The van der Waals surface area contributed by atoms with Crippen LogP contribution in [0.15, 0.2) is 18.2 Å². The van der Waals surface area contributed by atoms with Gasteiger partial charge in [-0.15, -0.1) is 0 Å². The Morgan fingerprint density at radius 3 is 2.83 bits per heavy atom. The minimum Gasteiger partial charge on any atom is -0.494 e. The van der Waals surface area contributed by atoms with Gasteiger partial charge in [0.1, 0.15) is 0 Å². The first kappa shape index (κ1) is 14.9. The molecule has 0 aliphatic rings. The van der Waals surface area contributed by atoms with E-state index in [-0.39, 0.29) is 17.6 Å². The van der Waals surface area contributed by atoms with Crippen LogP contribution < -0.4 is 16.0 Å². The number of hydrogen-bond donors (Lipinski definition) is 2. The summed E-state index contributed by atoms with van der Waals surface area (Å²) < 4.78 is 24.2. The van der Waals surface area contributed by atoms with Gasteiger partial charge in [-0.25, -0.2) is 4.39 Å². The Bertz CT molecular complexity index is 361. The average Bonchev–Trinajstić information content (AvgIpc) is 2.40. The number of hydrazine groups is 1. The van der Waals surface area contributed by atoms with Gasteiger partial charge < -0.3 is 9.47 Å². The summed E-state index contributed by atoms with van der Waals surface area (Å²) in [6.45, 7) is 3.29. The number of nitrogens with one attached hydrogen (secondary N) is 1. The molecule has 1 aromatic carbocycles. The molecule has 0 aromatic heterocycles. The molecular formula is C13H21FN2O2. The molecule has 4 nitrogen and oxygen atoms in total. The number of ether oxygens (including phenoxy) is 2. The summed E-state index contributed by atoms with van der Waals surface area (Å²) in [6, 6.07) is 4.82. The molecule has 1 aromatic rings. The third kappa shape index (κ3) is 3.94. The molecule has 0 aliphatic carbocycles. The zero-order chi connectivity index (χ0) is 13.4. The van der Waals surface area contributed by atoms with E-state index in [1.807, 2.05) is 6.92 Å². The van der Waals surface area contributed by atoms with Gasteiger partial charge >= 0.3 is 0 Å². The van der Waals surface area contributed by atoms with Crippen molar-refractivity contribution in [1.82, 2.24) is 5.43 Å². The molecule has 1 rings (SSSR count). The number of benzene rings is 1. The van der Waals surface area contributed by atoms with Crippen LogP contribution in [0, 0.1) is 5.82 Å². The third-order valence-corrected chi connectivity index (χ3v) is 2.78. The second-order valence-corrected chi connectivity index (χ2v) is 3.92. The number of halogens is 1. The molecular weight excluding hydrogens is 235 g/mol. The maximum absolute atomic E-state index is 14.0. The highest BCUT2D eigenvalue weighted by Gasteiger charge is 2.16. The molecule has 1 unspecified atom stereocenters. The van der Waals surface area contributed by atoms with E-state index in [0.29, 0.717) is 25.2 Å². The molecule has 1 atom stereocenters. The predicted molar refractivity (Wildman–Crippen MR) is 68.7 cm³/mol. The molecule has 0 aliphatic heterocycles. The Hall–Kier alpha value is -1.17. The van der Waals surface area contributed by atoms with Crippen LogP contribution in [0.4, 0.5) is 4.39 Å². The van der Waals surface area contributed by atoms with Crippen molar-refractivity contribution >= 4 is 0 Å². The van der Waals surface area contributed by atoms with E-state index in [1.165, 1.54) is 7.11 Å². The summed E-state index contributed by atoms with van der Waals surface area (Å²) in [7, 11) is 1.45. The monoisotopic (exact) mass is 256 g/mol. The maximum Gasteiger partial charge on any atom is 0.169 e. The van der Waals surface area contributed by atoms with Crippen LogP contribution in [0.5, 0.6) is 5.75 Å². The van der Waals surface area contributed by atoms with Crippen LogP contribution in [0.1, 0.15) is 31.4 Å². The van der Waals surface area contributed by atoms with Crippen molar-refractivity contribution in [2.24, 2.45) is 5.84 Å². The molecule has 18 heavy (non-hydrogen) atoms. The first-order valence-electron chi connectivity index (χ1n) is 6.10. The van der Waals surface area contributed by atoms with Gasteiger partial charge in [0.2, 0.25) is 0 Å². The molecule has 0 saturated carbocycles. The van der Waals surface area contributed by atoms with Gasteiger partial charge in [0.15, 0.2) is 11.6 Å². The highest BCUT2D eigenvalue weighted by atomic mass is 19.1. The number of nitrogens with two attached hydrogens (primary N) is 1. The Morgan fingerprint density at radius 2 is 2.22 bits per heavy atom. The van der Waals surface area contributed by atoms with Gasteiger partial charge in [-0.05, 0) is 25.8 Å². The van der Waals surface area contributed by atoms with Crippen molar-refractivity contribution in [3.05, 3.63) is 29.6 Å². The molecule has 0 spiro atoms. The SMILES string of the molecule is CCOCCCC(NN)c1cccc(OC)c1F. The van der Waals surface area contributed by atoms with Gasteiger partial charge in [0.25, 0.3) is 0 Å². The summed E-state index contributed by atoms with van der Waals surface area (Å²) >= 11 is 0. The smallest absolute Gasteiger partial charge is 0.169 e. The minimum absolute atomic E-state index is 0.234. The van der Waals surface area contributed by atoms with Crippen molar-refractivity contribution in [3.8, 4) is 5.75 Å². The fraction of sp³-hybridized carbons (Fsp3) is 0.538. The Kier molecular flexibility index (Phi) is 6.64. The molecule has 102 valence electrons. The Morgan fingerprint density at radius 1 is 1.44 bits per heavy atom. The van der Waals surface area contributed by atoms with E-state index in [2.05, 4.69) is 5.43 Å².